The van der Waals surface area contributed by atoms with E-state index in [1.165, 1.54) is 26.4 Å². The van der Waals surface area contributed by atoms with Gasteiger partial charge in [-0.25, -0.2) is 4.79 Å². The Morgan fingerprint density at radius 1 is 1.05 bits per heavy atom. The van der Waals surface area contributed by atoms with Gasteiger partial charge in [-0.2, -0.15) is 0 Å². The number of hydrogen-bond donors (Lipinski definition) is 4. The molecule has 0 unspecified atom stereocenters. The van der Waals surface area contributed by atoms with Gasteiger partial charge in [-0.3, -0.25) is 4.79 Å². The average Bonchev–Trinajstić information content (AvgIpc) is 3.24. The molecule has 11 nitrogen and oxygen atoms in total. The van der Waals surface area contributed by atoms with Crippen molar-refractivity contribution in [1.29, 1.82) is 0 Å². The van der Waals surface area contributed by atoms with Crippen LogP contribution in [0.4, 0.5) is 0 Å². The Morgan fingerprint density at radius 3 is 2.45 bits per heavy atom. The van der Waals surface area contributed by atoms with Gasteiger partial charge in [-0.1, -0.05) is 13.8 Å². The standard InChI is InChI=1S/C33H48O11/c1-17-26(36)28(40-5)27(37)29(42-17)44-20-8-11-30(3)22(14-20)23(43-18(2)34)15-32(38)24(30)10-12-31(4)21(9-13-33(31,32)39)19-6-7-25(35)41-16-19/h6-7,16-17,20-24,26-29,36-39H,8-15H2,1-5H3/t17-,20-,21+,22+,23+,24+,26-,27-,28-,29+,30-,31-,32-,33+/m0/s1. The number of rotatable bonds is 5. The number of aliphatic hydroxyl groups excluding tert-OH is 2. The summed E-state index contributed by atoms with van der Waals surface area (Å²) in [7, 11) is 1.43. The van der Waals surface area contributed by atoms with Crippen LogP contribution in [0.5, 0.6) is 0 Å². The number of hydrogen-bond acceptors (Lipinski definition) is 11. The third-order valence-corrected chi connectivity index (χ3v) is 12.7. The Balaban J connectivity index is 1.29. The molecule has 0 radical (unpaired) electrons. The molecule has 1 aliphatic heterocycles. The quantitative estimate of drug-likeness (QED) is 0.282. The lowest BCUT2D eigenvalue weighted by Gasteiger charge is -2.68. The van der Waals surface area contributed by atoms with Gasteiger partial charge in [0.25, 0.3) is 0 Å². The minimum absolute atomic E-state index is 0.102. The second-order valence-electron chi connectivity index (χ2n) is 14.7. The highest BCUT2D eigenvalue weighted by molar-refractivity contribution is 5.66. The SMILES string of the molecule is CO[C@@H]1[C@H](O)[C@@H](O[C@H]2CC[C@@]3(C)[C@H](C2)[C@H](OC(C)=O)C[C@]2(O)[C@@H]3CC[C@@]3(C)[C@@H](c4ccc(=O)oc4)CC[C@@]32O)O[C@@H](C)[C@@H]1O. The predicted octanol–water partition coefficient (Wildman–Crippen LogP) is 2.40. The summed E-state index contributed by atoms with van der Waals surface area (Å²) < 4.78 is 28.7. The first kappa shape index (κ1) is 32.1. The molecule has 4 saturated carbocycles. The van der Waals surface area contributed by atoms with Gasteiger partial charge in [0.15, 0.2) is 6.29 Å². The Bertz CT molecular complexity index is 1280. The lowest BCUT2D eigenvalue weighted by Crippen LogP contribution is -2.75. The molecule has 0 aromatic carbocycles. The number of aliphatic hydroxyl groups is 4. The lowest BCUT2D eigenvalue weighted by atomic mass is 9.40. The Kier molecular flexibility index (Phi) is 8.13. The van der Waals surface area contributed by atoms with Gasteiger partial charge in [0.2, 0.25) is 0 Å². The molecule has 0 amide bonds. The van der Waals surface area contributed by atoms with Gasteiger partial charge in [0.05, 0.1) is 24.1 Å². The van der Waals surface area contributed by atoms with Crippen LogP contribution >= 0.6 is 0 Å². The van der Waals surface area contributed by atoms with Crippen LogP contribution in [0.2, 0.25) is 0 Å². The maximum Gasteiger partial charge on any atom is 0.335 e. The first-order valence-corrected chi connectivity index (χ1v) is 16.1. The van der Waals surface area contributed by atoms with Crippen LogP contribution < -0.4 is 5.63 Å². The second kappa shape index (κ2) is 11.1. The van der Waals surface area contributed by atoms with E-state index in [1.807, 2.05) is 6.92 Å². The zero-order valence-corrected chi connectivity index (χ0v) is 26.3. The highest BCUT2D eigenvalue weighted by Gasteiger charge is 2.75. The Hall–Kier alpha value is -1.86. The van der Waals surface area contributed by atoms with E-state index in [0.717, 1.165) is 5.56 Å². The van der Waals surface area contributed by atoms with Crippen LogP contribution in [0, 0.1) is 22.7 Å². The number of fused-ring (bicyclic) bond motifs is 5. The molecule has 2 heterocycles. The molecule has 1 saturated heterocycles. The zero-order valence-electron chi connectivity index (χ0n) is 26.3. The second-order valence-corrected chi connectivity index (χ2v) is 14.7. The van der Waals surface area contributed by atoms with E-state index >= 15 is 0 Å². The fourth-order valence-corrected chi connectivity index (χ4v) is 10.4. The van der Waals surface area contributed by atoms with Crippen molar-refractivity contribution < 1.29 is 48.6 Å². The van der Waals surface area contributed by atoms with E-state index in [0.29, 0.717) is 44.9 Å². The monoisotopic (exact) mass is 620 g/mol. The number of carbonyl (C=O) groups excluding carboxylic acids is 1. The van der Waals surface area contributed by atoms with Crippen LogP contribution in [0.15, 0.2) is 27.6 Å². The molecule has 11 heteroatoms. The fourth-order valence-electron chi connectivity index (χ4n) is 10.4. The first-order chi connectivity index (χ1) is 20.7. The summed E-state index contributed by atoms with van der Waals surface area (Å²) in [6, 6.07) is 3.16. The van der Waals surface area contributed by atoms with Crippen molar-refractivity contribution in [3.8, 4) is 0 Å². The Labute approximate surface area is 257 Å². The number of methoxy groups -OCH3 is 1. The fraction of sp³-hybridized carbons (Fsp3) is 0.818. The summed E-state index contributed by atoms with van der Waals surface area (Å²) >= 11 is 0. The molecule has 246 valence electrons. The number of ether oxygens (including phenoxy) is 4. The molecule has 14 atom stereocenters. The van der Waals surface area contributed by atoms with Gasteiger partial charge in [-0.15, -0.1) is 0 Å². The van der Waals surface area contributed by atoms with Gasteiger partial charge in [0, 0.05) is 37.9 Å². The van der Waals surface area contributed by atoms with Crippen molar-refractivity contribution in [2.24, 2.45) is 22.7 Å². The Morgan fingerprint density at radius 2 is 1.80 bits per heavy atom. The molecule has 4 N–H and O–H groups in total. The number of carbonyl (C=O) groups is 1. The minimum Gasteiger partial charge on any atom is -0.462 e. The van der Waals surface area contributed by atoms with Crippen molar-refractivity contribution >= 4 is 5.97 Å². The van der Waals surface area contributed by atoms with Crippen molar-refractivity contribution in [3.05, 3.63) is 34.4 Å². The van der Waals surface area contributed by atoms with E-state index in [9.17, 15) is 30.0 Å². The normalized spacial score (nSPS) is 50.3. The van der Waals surface area contributed by atoms with Crippen LogP contribution in [0.25, 0.3) is 0 Å². The molecule has 4 aliphatic carbocycles. The summed E-state index contributed by atoms with van der Waals surface area (Å²) in [6.07, 6.45) is 0.146. The molecule has 1 aromatic heterocycles. The molecule has 1 aromatic rings. The summed E-state index contributed by atoms with van der Waals surface area (Å²) in [5.74, 6) is -0.968. The van der Waals surface area contributed by atoms with Crippen molar-refractivity contribution in [3.63, 3.8) is 0 Å². The zero-order chi connectivity index (χ0) is 31.8. The van der Waals surface area contributed by atoms with Gasteiger partial charge < -0.3 is 43.8 Å². The van der Waals surface area contributed by atoms with E-state index in [-0.39, 0.29) is 30.3 Å². The third kappa shape index (κ3) is 4.64. The molecular weight excluding hydrogens is 572 g/mol. The van der Waals surface area contributed by atoms with Crippen LogP contribution in [-0.4, -0.2) is 87.6 Å². The van der Waals surface area contributed by atoms with Gasteiger partial charge in [-0.05, 0) is 80.8 Å². The third-order valence-electron chi connectivity index (χ3n) is 12.7. The number of esters is 1. The minimum atomic E-state index is -1.51. The van der Waals surface area contributed by atoms with E-state index in [2.05, 4.69) is 6.92 Å². The van der Waals surface area contributed by atoms with Crippen molar-refractivity contribution in [2.45, 2.75) is 139 Å². The maximum atomic E-state index is 12.8. The first-order valence-electron chi connectivity index (χ1n) is 16.1. The lowest BCUT2D eigenvalue weighted by molar-refractivity contribution is -0.328. The predicted molar refractivity (Wildman–Crippen MR) is 155 cm³/mol. The highest BCUT2D eigenvalue weighted by atomic mass is 16.7. The molecular formula is C33H48O11. The highest BCUT2D eigenvalue weighted by Crippen LogP contribution is 2.72. The summed E-state index contributed by atoms with van der Waals surface area (Å²) in [5.41, 5.74) is -3.70. The summed E-state index contributed by atoms with van der Waals surface area (Å²) in [5, 5.41) is 46.7. The van der Waals surface area contributed by atoms with Crippen LogP contribution in [-0.2, 0) is 23.7 Å². The van der Waals surface area contributed by atoms with Crippen LogP contribution in [0.1, 0.15) is 90.5 Å². The van der Waals surface area contributed by atoms with Gasteiger partial charge >= 0.3 is 11.6 Å². The molecule has 5 fully saturated rings. The molecule has 0 spiro atoms. The van der Waals surface area contributed by atoms with E-state index in [4.69, 9.17) is 23.4 Å². The largest absolute Gasteiger partial charge is 0.462 e. The smallest absolute Gasteiger partial charge is 0.335 e. The molecule has 44 heavy (non-hydrogen) atoms. The van der Waals surface area contributed by atoms with E-state index < -0.39 is 70.4 Å². The molecule has 5 aliphatic rings. The average molecular weight is 621 g/mol. The molecule has 0 bridgehead atoms. The topological polar surface area (TPSA) is 165 Å². The maximum absolute atomic E-state index is 12.8. The summed E-state index contributed by atoms with van der Waals surface area (Å²) in [6.45, 7) is 7.25. The van der Waals surface area contributed by atoms with Crippen molar-refractivity contribution in [2.75, 3.05) is 7.11 Å². The van der Waals surface area contributed by atoms with Gasteiger partial charge in [0.1, 0.15) is 30.0 Å². The molecule has 6 rings (SSSR count). The summed E-state index contributed by atoms with van der Waals surface area (Å²) in [4.78, 5) is 24.1. The van der Waals surface area contributed by atoms with Crippen molar-refractivity contribution in [1.82, 2.24) is 0 Å². The van der Waals surface area contributed by atoms with E-state index in [1.54, 1.807) is 13.0 Å². The van der Waals surface area contributed by atoms with Crippen LogP contribution in [0.3, 0.4) is 0 Å².